The van der Waals surface area contributed by atoms with Crippen molar-refractivity contribution in [2.75, 3.05) is 4.90 Å². The Labute approximate surface area is 396 Å². The molecular weight excluding hydrogens is 783 g/mol. The van der Waals surface area contributed by atoms with Crippen LogP contribution < -0.4 is 4.90 Å². The maximum absolute atomic E-state index is 8.21. The minimum Gasteiger partial charge on any atom is -0.310 e. The average Bonchev–Trinajstić information content (AvgIpc) is 3.88. The van der Waals surface area contributed by atoms with Crippen LogP contribution in [-0.2, 0) is 27.1 Å². The first-order chi connectivity index (χ1) is 33.4. The molecule has 3 aliphatic carbocycles. The van der Waals surface area contributed by atoms with Crippen molar-refractivity contribution < 1.29 is 8.22 Å². The van der Waals surface area contributed by atoms with Gasteiger partial charge in [-0.2, -0.15) is 0 Å². The third-order valence-corrected chi connectivity index (χ3v) is 14.9. The lowest BCUT2D eigenvalue weighted by Gasteiger charge is -2.34. The Morgan fingerprint density at radius 1 is 0.354 bits per heavy atom. The van der Waals surface area contributed by atoms with Crippen LogP contribution in [0.15, 0.2) is 170 Å². The molecule has 0 atom stereocenters. The molecule has 0 saturated carbocycles. The minimum atomic E-state index is -2.73. The van der Waals surface area contributed by atoms with Gasteiger partial charge in [0.2, 0.25) is 0 Å². The van der Waals surface area contributed by atoms with Crippen molar-refractivity contribution in [3.8, 4) is 44.5 Å². The molecule has 0 amide bonds. The van der Waals surface area contributed by atoms with E-state index in [9.17, 15) is 0 Å². The van der Waals surface area contributed by atoms with Crippen LogP contribution in [0.1, 0.15) is 134 Å². The van der Waals surface area contributed by atoms with Crippen molar-refractivity contribution >= 4 is 17.1 Å². The van der Waals surface area contributed by atoms with Crippen LogP contribution in [0.4, 0.5) is 17.1 Å². The van der Waals surface area contributed by atoms with Gasteiger partial charge in [0.1, 0.15) is 0 Å². The molecule has 1 nitrogen and oxygen atoms in total. The molecule has 0 bridgehead atoms. The van der Waals surface area contributed by atoms with E-state index in [1.807, 2.05) is 12.1 Å². The molecule has 0 aromatic heterocycles. The molecule has 0 heterocycles. The molecule has 0 saturated heterocycles. The van der Waals surface area contributed by atoms with Gasteiger partial charge in [-0.1, -0.05) is 209 Å². The topological polar surface area (TPSA) is 3.24 Å². The summed E-state index contributed by atoms with van der Waals surface area (Å²) in [6, 6.07) is 61.8. The number of anilines is 3. The molecule has 1 heteroatoms. The van der Waals surface area contributed by atoms with Crippen molar-refractivity contribution in [1.82, 2.24) is 0 Å². The molecular formula is C64H61N. The standard InChI is InChI=1S/C64H61N/c1-60(2,3)42-24-20-40(21-25-42)41-22-28-45(29-23-41)65(46-31-35-55-53(38-46)49-17-12-14-18-54(49)63(55,10)11)47-30-34-52-48-16-13-15-19-56(48)64(59(52)39-47)57-36-43(61(4,5)6)26-32-50(57)51-33-27-44(37-58(51)64)62(7,8)9/h12-39H,1-11H3/i1D3,2D3. The Morgan fingerprint density at radius 3 is 1.34 bits per heavy atom. The predicted molar refractivity (Wildman–Crippen MR) is 277 cm³/mol. The summed E-state index contributed by atoms with van der Waals surface area (Å²) in [4.78, 5) is 2.39. The number of fused-ring (bicyclic) bond motifs is 13. The third-order valence-electron chi connectivity index (χ3n) is 14.9. The summed E-state index contributed by atoms with van der Waals surface area (Å²) in [6.07, 6.45) is 0. The largest absolute Gasteiger partial charge is 0.310 e. The van der Waals surface area contributed by atoms with Gasteiger partial charge < -0.3 is 4.90 Å². The molecule has 0 radical (unpaired) electrons. The zero-order valence-electron chi connectivity index (χ0n) is 45.1. The highest BCUT2D eigenvalue weighted by Crippen LogP contribution is 2.64. The van der Waals surface area contributed by atoms with E-state index in [1.165, 1.54) is 84.8 Å². The van der Waals surface area contributed by atoms with Crippen LogP contribution in [0.3, 0.4) is 0 Å². The summed E-state index contributed by atoms with van der Waals surface area (Å²) < 4.78 is 49.3. The van der Waals surface area contributed by atoms with E-state index in [4.69, 9.17) is 8.22 Å². The second-order valence-electron chi connectivity index (χ2n) is 21.5. The van der Waals surface area contributed by atoms with Gasteiger partial charge in [0, 0.05) is 30.7 Å². The lowest BCUT2D eigenvalue weighted by Crippen LogP contribution is -2.27. The van der Waals surface area contributed by atoms with E-state index < -0.39 is 24.5 Å². The van der Waals surface area contributed by atoms with Crippen molar-refractivity contribution in [3.05, 3.63) is 220 Å². The van der Waals surface area contributed by atoms with Crippen LogP contribution >= 0.6 is 0 Å². The smallest absolute Gasteiger partial charge is 0.0726 e. The predicted octanol–water partition coefficient (Wildman–Crippen LogP) is 17.4. The van der Waals surface area contributed by atoms with Crippen LogP contribution in [-0.4, -0.2) is 0 Å². The van der Waals surface area contributed by atoms with E-state index in [0.717, 1.165) is 28.2 Å². The Bertz CT molecular complexity index is 3370. The zero-order chi connectivity index (χ0) is 50.4. The van der Waals surface area contributed by atoms with E-state index in [0.29, 0.717) is 0 Å². The fraction of sp³-hybridized carbons (Fsp3) is 0.250. The molecule has 8 aromatic rings. The molecule has 0 aliphatic heterocycles. The summed E-state index contributed by atoms with van der Waals surface area (Å²) in [5.74, 6) is 0. The fourth-order valence-corrected chi connectivity index (χ4v) is 11.3. The molecule has 0 unspecified atom stereocenters. The lowest BCUT2D eigenvalue weighted by atomic mass is 9.68. The first-order valence-electron chi connectivity index (χ1n) is 26.2. The molecule has 3 aliphatic rings. The Hall–Kier alpha value is -6.44. The first kappa shape index (κ1) is 34.9. The van der Waals surface area contributed by atoms with Crippen LogP contribution in [0.2, 0.25) is 0 Å². The highest BCUT2D eigenvalue weighted by Gasteiger charge is 2.52. The lowest BCUT2D eigenvalue weighted by molar-refractivity contribution is 0.586. The SMILES string of the molecule is [2H]C([2H])([2H])C(C)(c1ccc(-c2ccc(N(c3ccc4c(c3)-c3ccccc3C4(C)C)c3ccc4c(c3)C3(c5ccccc5-4)c4cc(C(C)(C)C)ccc4-c4ccc(C(C)(C)C)cc43)cc2)cc1)C([2H])([2H])[2H]. The first-order valence-corrected chi connectivity index (χ1v) is 23.2. The van der Waals surface area contributed by atoms with Gasteiger partial charge in [0.25, 0.3) is 0 Å². The van der Waals surface area contributed by atoms with Crippen molar-refractivity contribution in [3.63, 3.8) is 0 Å². The maximum Gasteiger partial charge on any atom is 0.0726 e. The number of hydrogen-bond donors (Lipinski definition) is 0. The Balaban J connectivity index is 1.12. The summed E-state index contributed by atoms with van der Waals surface area (Å²) in [7, 11) is 0. The van der Waals surface area contributed by atoms with Crippen molar-refractivity contribution in [2.24, 2.45) is 0 Å². The summed E-state index contributed by atoms with van der Waals surface area (Å²) in [5, 5.41) is 0. The number of nitrogens with zero attached hydrogens (tertiary/aromatic N) is 1. The van der Waals surface area contributed by atoms with E-state index >= 15 is 0 Å². The summed E-state index contributed by atoms with van der Waals surface area (Å²) >= 11 is 0. The molecule has 8 aromatic carbocycles. The summed E-state index contributed by atoms with van der Waals surface area (Å²) in [6.45, 7) is 14.3. The Kier molecular flexibility index (Phi) is 7.53. The van der Waals surface area contributed by atoms with Crippen LogP contribution in [0.25, 0.3) is 44.5 Å². The normalized spacial score (nSPS) is 16.7. The second kappa shape index (κ2) is 14.0. The van der Waals surface area contributed by atoms with Crippen molar-refractivity contribution in [2.45, 2.75) is 103 Å². The summed E-state index contributed by atoms with van der Waals surface area (Å²) in [5.41, 5.74) is 20.3. The Morgan fingerprint density at radius 2 is 0.769 bits per heavy atom. The van der Waals surface area contributed by atoms with Crippen LogP contribution in [0, 0.1) is 0 Å². The number of rotatable bonds is 4. The highest BCUT2D eigenvalue weighted by molar-refractivity contribution is 5.97. The van der Waals surface area contributed by atoms with Crippen LogP contribution in [0.5, 0.6) is 0 Å². The van der Waals surface area contributed by atoms with E-state index in [-0.39, 0.29) is 21.8 Å². The number of benzene rings is 8. The van der Waals surface area contributed by atoms with Gasteiger partial charge in [-0.25, -0.2) is 0 Å². The van der Waals surface area contributed by atoms with Gasteiger partial charge >= 0.3 is 0 Å². The molecule has 11 rings (SSSR count). The maximum atomic E-state index is 8.21. The van der Waals surface area contributed by atoms with E-state index in [2.05, 4.69) is 206 Å². The third kappa shape index (κ3) is 6.18. The highest BCUT2D eigenvalue weighted by atomic mass is 15.1. The zero-order valence-corrected chi connectivity index (χ0v) is 39.1. The molecule has 65 heavy (non-hydrogen) atoms. The van der Waals surface area contributed by atoms with Gasteiger partial charge in [-0.15, -0.1) is 0 Å². The molecule has 322 valence electrons. The molecule has 0 N–H and O–H groups in total. The van der Waals surface area contributed by atoms with Gasteiger partial charge in [-0.3, -0.25) is 0 Å². The second-order valence-corrected chi connectivity index (χ2v) is 21.5. The van der Waals surface area contributed by atoms with Crippen molar-refractivity contribution in [1.29, 1.82) is 0 Å². The number of hydrogen-bond acceptors (Lipinski definition) is 1. The van der Waals surface area contributed by atoms with E-state index in [1.54, 1.807) is 12.1 Å². The monoisotopic (exact) mass is 850 g/mol. The average molecular weight is 850 g/mol. The van der Waals surface area contributed by atoms with Gasteiger partial charge in [-0.05, 0) is 147 Å². The van der Waals surface area contributed by atoms with Gasteiger partial charge in [0.05, 0.1) is 5.41 Å². The fourth-order valence-electron chi connectivity index (χ4n) is 11.3. The molecule has 0 fully saturated rings. The van der Waals surface area contributed by atoms with Gasteiger partial charge in [0.15, 0.2) is 0 Å². The minimum absolute atomic E-state index is 0.0633. The molecule has 1 spiro atoms. The quantitative estimate of drug-likeness (QED) is 0.171.